The fourth-order valence-electron chi connectivity index (χ4n) is 5.61. The molecule has 5 N–H and O–H groups in total. The van der Waals surface area contributed by atoms with E-state index in [0.717, 1.165) is 64.2 Å². The van der Waals surface area contributed by atoms with E-state index in [-0.39, 0.29) is 12.8 Å². The van der Waals surface area contributed by atoms with Gasteiger partial charge in [0.2, 0.25) is 0 Å². The van der Waals surface area contributed by atoms with Gasteiger partial charge in [0.25, 0.3) is 0 Å². The van der Waals surface area contributed by atoms with E-state index >= 15 is 0 Å². The normalized spacial score (nSPS) is 15.6. The van der Waals surface area contributed by atoms with Crippen molar-refractivity contribution in [2.24, 2.45) is 0 Å². The molecular formula is C41H78O15P2. The molecule has 0 amide bonds. The average Bonchev–Trinajstić information content (AvgIpc) is 3.20. The number of unbranched alkanes of at least 4 members (excludes halogenated alkanes) is 19. The molecule has 58 heavy (non-hydrogen) atoms. The van der Waals surface area contributed by atoms with Crippen LogP contribution in [0, 0.1) is 0 Å². The van der Waals surface area contributed by atoms with Crippen molar-refractivity contribution in [1.82, 2.24) is 0 Å². The molecule has 0 fully saturated rings. The number of esters is 2. The van der Waals surface area contributed by atoms with Crippen LogP contribution in [-0.2, 0) is 46.3 Å². The maximum absolute atomic E-state index is 12.7. The molecule has 0 aromatic heterocycles. The van der Waals surface area contributed by atoms with Gasteiger partial charge in [-0.3, -0.25) is 27.7 Å². The largest absolute Gasteiger partial charge is 0.472 e. The number of hydrogen-bond acceptors (Lipinski definition) is 13. The van der Waals surface area contributed by atoms with Crippen LogP contribution in [-0.4, -0.2) is 95.0 Å². The number of allylic oxidation sites excluding steroid dienone is 4. The Labute approximate surface area is 348 Å². The third kappa shape index (κ3) is 38.7. The van der Waals surface area contributed by atoms with Gasteiger partial charge in [0.1, 0.15) is 18.8 Å². The molecule has 0 heterocycles. The maximum atomic E-state index is 12.7. The molecule has 15 nitrogen and oxygen atoms in total. The van der Waals surface area contributed by atoms with Crippen LogP contribution in [0.5, 0.6) is 0 Å². The number of aliphatic hydroxyl groups is 3. The predicted octanol–water partition coefficient (Wildman–Crippen LogP) is 8.94. The Balaban J connectivity index is 4.72. The zero-order valence-electron chi connectivity index (χ0n) is 35.5. The molecule has 0 aromatic rings. The lowest BCUT2D eigenvalue weighted by atomic mass is 10.1. The van der Waals surface area contributed by atoms with Crippen molar-refractivity contribution in [2.75, 3.05) is 39.6 Å². The summed E-state index contributed by atoms with van der Waals surface area (Å²) in [5.74, 6) is -1.07. The summed E-state index contributed by atoms with van der Waals surface area (Å²) < 4.78 is 53.9. The van der Waals surface area contributed by atoms with Crippen molar-refractivity contribution >= 4 is 27.6 Å². The number of phosphoric ester groups is 2. The van der Waals surface area contributed by atoms with Crippen LogP contribution < -0.4 is 0 Å². The third-order valence-corrected chi connectivity index (χ3v) is 10.9. The predicted molar refractivity (Wildman–Crippen MR) is 224 cm³/mol. The smallest absolute Gasteiger partial charge is 0.462 e. The van der Waals surface area contributed by atoms with Gasteiger partial charge in [0.15, 0.2) is 6.10 Å². The molecular weight excluding hydrogens is 794 g/mol. The first-order chi connectivity index (χ1) is 27.8. The molecule has 5 atom stereocenters. The summed E-state index contributed by atoms with van der Waals surface area (Å²) in [4.78, 5) is 44.9. The van der Waals surface area contributed by atoms with Gasteiger partial charge in [-0.25, -0.2) is 9.13 Å². The number of ether oxygens (including phenoxy) is 2. The lowest BCUT2D eigenvalue weighted by Gasteiger charge is -2.21. The monoisotopic (exact) mass is 872 g/mol. The van der Waals surface area contributed by atoms with Gasteiger partial charge in [-0.15, -0.1) is 0 Å². The van der Waals surface area contributed by atoms with Crippen LogP contribution in [0.1, 0.15) is 168 Å². The molecule has 17 heteroatoms. The van der Waals surface area contributed by atoms with E-state index in [4.69, 9.17) is 23.6 Å². The maximum Gasteiger partial charge on any atom is 0.472 e. The van der Waals surface area contributed by atoms with E-state index in [1.54, 1.807) is 0 Å². The fourth-order valence-corrected chi connectivity index (χ4v) is 7.20. The summed E-state index contributed by atoms with van der Waals surface area (Å²) in [5.41, 5.74) is 0. The second-order valence-electron chi connectivity index (χ2n) is 14.7. The molecule has 0 aromatic carbocycles. The Morgan fingerprint density at radius 3 is 1.40 bits per heavy atom. The second-order valence-corrected chi connectivity index (χ2v) is 17.6. The number of hydrogen-bond donors (Lipinski definition) is 5. The Morgan fingerprint density at radius 2 is 0.931 bits per heavy atom. The minimum atomic E-state index is -4.86. The third-order valence-electron chi connectivity index (χ3n) is 9.03. The Bertz CT molecular complexity index is 1150. The van der Waals surface area contributed by atoms with Gasteiger partial charge in [0, 0.05) is 12.8 Å². The highest BCUT2D eigenvalue weighted by molar-refractivity contribution is 7.47. The SMILES string of the molecule is C/C=C/CCCCCCCCCCCCC(=O)OC[C@H](COP(=O)(O)OC[C@H](O)COP(=O)(O)OC[C@@H](O)CO)OC(=O)CCCCCCC/C=C\CCCCCC. The van der Waals surface area contributed by atoms with Crippen molar-refractivity contribution < 1.29 is 71.4 Å². The summed E-state index contributed by atoms with van der Waals surface area (Å²) in [6.45, 7) is 0.0340. The first-order valence-corrected chi connectivity index (χ1v) is 24.6. The van der Waals surface area contributed by atoms with Crippen molar-refractivity contribution in [3.8, 4) is 0 Å². The van der Waals surface area contributed by atoms with Crippen molar-refractivity contribution in [1.29, 1.82) is 0 Å². The summed E-state index contributed by atoms with van der Waals surface area (Å²) in [7, 11) is -9.58. The van der Waals surface area contributed by atoms with Crippen LogP contribution in [0.2, 0.25) is 0 Å². The van der Waals surface area contributed by atoms with E-state index in [1.165, 1.54) is 64.2 Å². The molecule has 0 saturated carbocycles. The molecule has 0 saturated heterocycles. The number of carbonyl (C=O) groups excluding carboxylic acids is 2. The number of aliphatic hydroxyl groups excluding tert-OH is 3. The molecule has 0 aliphatic rings. The highest BCUT2D eigenvalue weighted by atomic mass is 31.2. The van der Waals surface area contributed by atoms with E-state index in [1.807, 2.05) is 6.92 Å². The summed E-state index contributed by atoms with van der Waals surface area (Å²) in [5, 5.41) is 28.0. The molecule has 0 bridgehead atoms. The zero-order valence-corrected chi connectivity index (χ0v) is 37.3. The van der Waals surface area contributed by atoms with Crippen molar-refractivity contribution in [3.63, 3.8) is 0 Å². The van der Waals surface area contributed by atoms with Crippen LogP contribution in [0.15, 0.2) is 24.3 Å². The molecule has 0 radical (unpaired) electrons. The first-order valence-electron chi connectivity index (χ1n) is 21.7. The highest BCUT2D eigenvalue weighted by Crippen LogP contribution is 2.45. The van der Waals surface area contributed by atoms with Gasteiger partial charge in [-0.1, -0.05) is 121 Å². The minimum absolute atomic E-state index is 0.107. The number of carbonyl (C=O) groups is 2. The van der Waals surface area contributed by atoms with Crippen molar-refractivity contribution in [2.45, 2.75) is 186 Å². The van der Waals surface area contributed by atoms with Crippen molar-refractivity contribution in [3.05, 3.63) is 24.3 Å². The summed E-state index contributed by atoms with van der Waals surface area (Å²) in [6.07, 6.45) is 28.7. The topological polar surface area (TPSA) is 225 Å². The summed E-state index contributed by atoms with van der Waals surface area (Å²) in [6, 6.07) is 0. The fraction of sp³-hybridized carbons (Fsp3) is 0.854. The molecule has 0 rings (SSSR count). The summed E-state index contributed by atoms with van der Waals surface area (Å²) >= 11 is 0. The lowest BCUT2D eigenvalue weighted by Crippen LogP contribution is -2.30. The second kappa shape index (κ2) is 38.4. The molecule has 0 aliphatic carbocycles. The van der Waals surface area contributed by atoms with E-state index in [2.05, 4.69) is 40.3 Å². The first kappa shape index (κ1) is 56.5. The van der Waals surface area contributed by atoms with E-state index in [9.17, 15) is 38.7 Å². The van der Waals surface area contributed by atoms with Gasteiger partial charge >= 0.3 is 27.6 Å². The number of phosphoric acid groups is 2. The van der Waals surface area contributed by atoms with Gasteiger partial charge in [0.05, 0.1) is 33.0 Å². The van der Waals surface area contributed by atoms with Gasteiger partial charge in [-0.05, 0) is 58.3 Å². The molecule has 342 valence electrons. The van der Waals surface area contributed by atoms with Crippen LogP contribution in [0.4, 0.5) is 0 Å². The lowest BCUT2D eigenvalue weighted by molar-refractivity contribution is -0.161. The standard InChI is InChI=1S/C41H78O15P2/c1-3-5-7-9-11-13-15-17-19-21-23-25-27-29-40(45)51-35-39(56-41(46)30-28-26-24-22-20-18-16-14-12-10-8-6-4-2)36-55-58(49,50)54-34-38(44)33-53-57(47,48)52-32-37(43)31-42/h3,5,14,16,37-39,42-44H,4,6-13,15,17-36H2,1-2H3,(H,47,48)(H,49,50)/b5-3+,16-14-/t37-,38+,39+/m0/s1. The molecule has 0 aliphatic heterocycles. The van der Waals surface area contributed by atoms with Crippen LogP contribution in [0.3, 0.4) is 0 Å². The van der Waals surface area contributed by atoms with Crippen LogP contribution >= 0.6 is 15.6 Å². The quantitative estimate of drug-likeness (QED) is 0.0167. The zero-order chi connectivity index (χ0) is 43.2. The highest BCUT2D eigenvalue weighted by Gasteiger charge is 2.29. The Morgan fingerprint density at radius 1 is 0.534 bits per heavy atom. The average molecular weight is 873 g/mol. The Kier molecular flexibility index (Phi) is 37.5. The minimum Gasteiger partial charge on any atom is -0.462 e. The van der Waals surface area contributed by atoms with Crippen LogP contribution in [0.25, 0.3) is 0 Å². The van der Waals surface area contributed by atoms with E-state index in [0.29, 0.717) is 12.8 Å². The van der Waals surface area contributed by atoms with Gasteiger partial charge in [-0.2, -0.15) is 0 Å². The molecule has 0 spiro atoms. The van der Waals surface area contributed by atoms with Gasteiger partial charge < -0.3 is 34.6 Å². The molecule has 2 unspecified atom stereocenters. The number of rotatable bonds is 42. The Hall–Kier alpha value is -1.48. The van der Waals surface area contributed by atoms with E-state index < -0.39 is 85.5 Å².